The van der Waals surface area contributed by atoms with Crippen LogP contribution in [-0.4, -0.2) is 54.0 Å². The van der Waals surface area contributed by atoms with E-state index in [0.29, 0.717) is 44.7 Å². The predicted molar refractivity (Wildman–Crippen MR) is 136 cm³/mol. The van der Waals surface area contributed by atoms with Crippen molar-refractivity contribution in [2.24, 2.45) is 0 Å². The minimum Gasteiger partial charge on any atom is -0.497 e. The minimum atomic E-state index is -0.353. The summed E-state index contributed by atoms with van der Waals surface area (Å²) in [5.41, 5.74) is 1.64. The SMILES string of the molecule is COc1cccc(Nc2nc(-c3c(Cl)cccc3Cl)c3ccc(=O)n(OCCN(C)C)c3n2)c1. The number of hydrogen-bond donors (Lipinski definition) is 1. The molecule has 0 saturated heterocycles. The van der Waals surface area contributed by atoms with Gasteiger partial charge in [0.25, 0.3) is 5.56 Å². The summed E-state index contributed by atoms with van der Waals surface area (Å²) in [6, 6.07) is 15.6. The van der Waals surface area contributed by atoms with Crippen LogP contribution in [0.2, 0.25) is 10.0 Å². The molecule has 0 aliphatic heterocycles. The molecule has 0 unspecified atom stereocenters. The Bertz CT molecular complexity index is 1370. The van der Waals surface area contributed by atoms with Crippen LogP contribution in [0.3, 0.4) is 0 Å². The number of halogens is 2. The molecule has 0 radical (unpaired) electrons. The molecule has 0 amide bonds. The lowest BCUT2D eigenvalue weighted by molar-refractivity contribution is 0.0972. The second-order valence-corrected chi connectivity index (χ2v) is 8.50. The van der Waals surface area contributed by atoms with E-state index in [-0.39, 0.29) is 23.8 Å². The fraction of sp³-hybridized carbons (Fsp3) is 0.208. The molecule has 0 saturated carbocycles. The average Bonchev–Trinajstić information content (AvgIpc) is 2.80. The summed E-state index contributed by atoms with van der Waals surface area (Å²) in [5.74, 6) is 0.909. The van der Waals surface area contributed by atoms with Crippen molar-refractivity contribution in [1.82, 2.24) is 19.6 Å². The first-order valence-corrected chi connectivity index (χ1v) is 11.2. The van der Waals surface area contributed by atoms with Crippen molar-refractivity contribution in [1.29, 1.82) is 0 Å². The van der Waals surface area contributed by atoms with E-state index in [1.54, 1.807) is 37.4 Å². The first-order valence-electron chi connectivity index (χ1n) is 10.4. The average molecular weight is 500 g/mol. The molecule has 0 fully saturated rings. The Morgan fingerprint density at radius 3 is 2.47 bits per heavy atom. The Morgan fingerprint density at radius 2 is 1.76 bits per heavy atom. The van der Waals surface area contributed by atoms with Gasteiger partial charge in [-0.1, -0.05) is 35.3 Å². The molecule has 4 rings (SSSR count). The third kappa shape index (κ3) is 5.09. The molecule has 0 bridgehead atoms. The molecule has 10 heteroatoms. The number of hydrogen-bond acceptors (Lipinski definition) is 7. The van der Waals surface area contributed by atoms with E-state index in [9.17, 15) is 4.79 Å². The van der Waals surface area contributed by atoms with Gasteiger partial charge in [-0.2, -0.15) is 4.98 Å². The molecule has 2 aromatic heterocycles. The number of anilines is 2. The van der Waals surface area contributed by atoms with Crippen LogP contribution in [0.4, 0.5) is 11.6 Å². The summed E-state index contributed by atoms with van der Waals surface area (Å²) in [7, 11) is 5.43. The van der Waals surface area contributed by atoms with Crippen molar-refractivity contribution in [3.8, 4) is 17.0 Å². The van der Waals surface area contributed by atoms with Gasteiger partial charge in [-0.25, -0.2) is 4.98 Å². The van der Waals surface area contributed by atoms with Gasteiger partial charge >= 0.3 is 0 Å². The number of pyridine rings is 1. The Morgan fingerprint density at radius 1 is 1.03 bits per heavy atom. The lowest BCUT2D eigenvalue weighted by Gasteiger charge is -2.17. The Kier molecular flexibility index (Phi) is 7.21. The van der Waals surface area contributed by atoms with Gasteiger partial charge in [-0.05, 0) is 44.4 Å². The molecular formula is C24H23Cl2N5O3. The van der Waals surface area contributed by atoms with E-state index in [1.165, 1.54) is 10.8 Å². The predicted octanol–water partition coefficient (Wildman–Crippen LogP) is 4.51. The zero-order valence-corrected chi connectivity index (χ0v) is 20.4. The van der Waals surface area contributed by atoms with Crippen molar-refractivity contribution in [3.63, 3.8) is 0 Å². The number of rotatable bonds is 8. The van der Waals surface area contributed by atoms with E-state index in [0.717, 1.165) is 0 Å². The number of nitrogens with zero attached hydrogens (tertiary/aromatic N) is 4. The lowest BCUT2D eigenvalue weighted by Crippen LogP contribution is -2.31. The maximum atomic E-state index is 12.7. The Labute approximate surface area is 206 Å². The van der Waals surface area contributed by atoms with E-state index < -0.39 is 0 Å². The number of fused-ring (bicyclic) bond motifs is 1. The van der Waals surface area contributed by atoms with Crippen molar-refractivity contribution >= 4 is 45.9 Å². The van der Waals surface area contributed by atoms with Crippen molar-refractivity contribution in [2.45, 2.75) is 0 Å². The summed E-state index contributed by atoms with van der Waals surface area (Å²) in [6.45, 7) is 0.906. The van der Waals surface area contributed by atoms with Gasteiger partial charge in [0.2, 0.25) is 5.95 Å². The van der Waals surface area contributed by atoms with Gasteiger partial charge in [0, 0.05) is 35.3 Å². The summed E-state index contributed by atoms with van der Waals surface area (Å²) < 4.78 is 6.47. The second kappa shape index (κ2) is 10.3. The van der Waals surface area contributed by atoms with E-state index in [4.69, 9.17) is 37.8 Å². The zero-order valence-electron chi connectivity index (χ0n) is 18.9. The molecule has 1 N–H and O–H groups in total. The smallest absolute Gasteiger partial charge is 0.285 e. The number of likely N-dealkylation sites (N-methyl/N-ethyl adjacent to an activating group) is 1. The Balaban J connectivity index is 1.92. The number of benzene rings is 2. The molecule has 176 valence electrons. The van der Waals surface area contributed by atoms with Crippen LogP contribution < -0.4 is 20.5 Å². The number of nitrogens with one attached hydrogen (secondary N) is 1. The number of methoxy groups -OCH3 is 1. The van der Waals surface area contributed by atoms with E-state index in [1.807, 2.05) is 37.2 Å². The Hall–Kier alpha value is -3.33. The number of ether oxygens (including phenoxy) is 1. The van der Waals surface area contributed by atoms with Gasteiger partial charge in [-0.15, -0.1) is 4.73 Å². The van der Waals surface area contributed by atoms with Crippen LogP contribution in [0.1, 0.15) is 0 Å². The molecule has 2 aromatic carbocycles. The van der Waals surface area contributed by atoms with Gasteiger partial charge < -0.3 is 19.8 Å². The summed E-state index contributed by atoms with van der Waals surface area (Å²) in [4.78, 5) is 29.8. The largest absolute Gasteiger partial charge is 0.497 e. The molecule has 0 aliphatic rings. The molecule has 0 atom stereocenters. The van der Waals surface area contributed by atoms with Crippen LogP contribution in [0.25, 0.3) is 22.3 Å². The maximum absolute atomic E-state index is 12.7. The molecule has 0 spiro atoms. The van der Waals surface area contributed by atoms with Crippen LogP contribution in [-0.2, 0) is 0 Å². The van der Waals surface area contributed by atoms with Gasteiger partial charge in [0.05, 0.1) is 22.8 Å². The second-order valence-electron chi connectivity index (χ2n) is 7.69. The van der Waals surface area contributed by atoms with Crippen molar-refractivity contribution in [3.05, 3.63) is 75.0 Å². The topological polar surface area (TPSA) is 81.5 Å². The van der Waals surface area contributed by atoms with Crippen molar-refractivity contribution in [2.75, 3.05) is 39.7 Å². The van der Waals surface area contributed by atoms with Crippen LogP contribution in [0, 0.1) is 0 Å². The highest BCUT2D eigenvalue weighted by Gasteiger charge is 2.19. The van der Waals surface area contributed by atoms with Gasteiger partial charge in [-0.3, -0.25) is 4.79 Å². The molecule has 4 aromatic rings. The standard InChI is InChI=1S/C24H23Cl2N5O3/c1-30(2)12-13-34-31-20(32)11-10-17-22(21-18(25)8-5-9-19(21)26)28-24(29-23(17)31)27-15-6-4-7-16(14-15)33-3/h4-11,14H,12-13H2,1-3H3,(H,27,28,29). The third-order valence-electron chi connectivity index (χ3n) is 4.99. The quantitative estimate of drug-likeness (QED) is 0.381. The highest BCUT2D eigenvalue weighted by molar-refractivity contribution is 6.39. The fourth-order valence-corrected chi connectivity index (χ4v) is 3.91. The van der Waals surface area contributed by atoms with Crippen molar-refractivity contribution < 1.29 is 9.57 Å². The van der Waals surface area contributed by atoms with Crippen LogP contribution in [0.15, 0.2) is 59.4 Å². The van der Waals surface area contributed by atoms with Crippen LogP contribution in [0.5, 0.6) is 5.75 Å². The third-order valence-corrected chi connectivity index (χ3v) is 5.62. The molecule has 34 heavy (non-hydrogen) atoms. The normalized spacial score (nSPS) is 11.1. The number of aromatic nitrogens is 3. The van der Waals surface area contributed by atoms with E-state index >= 15 is 0 Å². The summed E-state index contributed by atoms with van der Waals surface area (Å²) >= 11 is 13.0. The molecular weight excluding hydrogens is 477 g/mol. The van der Waals surface area contributed by atoms with Gasteiger partial charge in [0.1, 0.15) is 12.4 Å². The molecule has 0 aliphatic carbocycles. The molecule has 2 heterocycles. The highest BCUT2D eigenvalue weighted by Crippen LogP contribution is 2.37. The van der Waals surface area contributed by atoms with E-state index in [2.05, 4.69) is 10.3 Å². The van der Waals surface area contributed by atoms with Gasteiger partial charge in [0.15, 0.2) is 5.65 Å². The monoisotopic (exact) mass is 499 g/mol. The molecule has 8 nitrogen and oxygen atoms in total. The fourth-order valence-electron chi connectivity index (χ4n) is 3.33. The van der Waals surface area contributed by atoms with Crippen LogP contribution >= 0.6 is 23.2 Å². The summed E-state index contributed by atoms with van der Waals surface area (Å²) in [5, 5.41) is 4.58. The maximum Gasteiger partial charge on any atom is 0.285 e. The lowest BCUT2D eigenvalue weighted by atomic mass is 10.1. The first kappa shape index (κ1) is 23.8. The zero-order chi connectivity index (χ0) is 24.2. The highest BCUT2D eigenvalue weighted by atomic mass is 35.5. The first-order chi connectivity index (χ1) is 16.4. The summed E-state index contributed by atoms with van der Waals surface area (Å²) in [6.07, 6.45) is 0. The minimum absolute atomic E-state index is 0.238.